The van der Waals surface area contributed by atoms with E-state index in [2.05, 4.69) is 6.92 Å². The molecule has 0 saturated heterocycles. The molecule has 0 aliphatic carbocycles. The molecule has 0 N–H and O–H groups in total. The van der Waals surface area contributed by atoms with Gasteiger partial charge in [0.1, 0.15) is 22.6 Å². The SMILES string of the molecule is CCCCCCCCCCOc1ccc(OC(=O)c2ccc(OC(=O)C(Cl)C(C)C)c(Cl)c2)cc1. The van der Waals surface area contributed by atoms with Crippen LogP contribution in [0.5, 0.6) is 17.2 Å². The third-order valence-electron chi connectivity index (χ3n) is 5.49. The van der Waals surface area contributed by atoms with Crippen LogP contribution in [0.4, 0.5) is 0 Å². The average Bonchev–Trinajstić information content (AvgIpc) is 2.84. The van der Waals surface area contributed by atoms with Crippen LogP contribution in [-0.2, 0) is 4.79 Å². The molecule has 192 valence electrons. The Morgan fingerprint density at radius 2 is 1.43 bits per heavy atom. The Kier molecular flexibility index (Phi) is 13.0. The van der Waals surface area contributed by atoms with Gasteiger partial charge in [0.25, 0.3) is 0 Å². The Morgan fingerprint density at radius 1 is 0.829 bits per heavy atom. The van der Waals surface area contributed by atoms with Gasteiger partial charge in [0, 0.05) is 0 Å². The maximum Gasteiger partial charge on any atom is 0.343 e. The summed E-state index contributed by atoms with van der Waals surface area (Å²) in [5.74, 6) is 0.0129. The first kappa shape index (κ1) is 29.0. The summed E-state index contributed by atoms with van der Waals surface area (Å²) in [6, 6.07) is 11.3. The van der Waals surface area contributed by atoms with Gasteiger partial charge in [-0.2, -0.15) is 0 Å². The van der Waals surface area contributed by atoms with Gasteiger partial charge in [-0.25, -0.2) is 4.79 Å². The van der Waals surface area contributed by atoms with Crippen molar-refractivity contribution >= 4 is 35.1 Å². The minimum Gasteiger partial charge on any atom is -0.494 e. The minimum absolute atomic E-state index is 0.0842. The van der Waals surface area contributed by atoms with Crippen molar-refractivity contribution in [3.05, 3.63) is 53.1 Å². The molecular formula is C28H36Cl2O5. The number of hydrogen-bond acceptors (Lipinski definition) is 5. The first-order valence-electron chi connectivity index (χ1n) is 12.4. The molecular weight excluding hydrogens is 487 g/mol. The van der Waals surface area contributed by atoms with Gasteiger partial charge >= 0.3 is 11.9 Å². The maximum absolute atomic E-state index is 12.5. The molecule has 1 unspecified atom stereocenters. The molecule has 2 rings (SSSR count). The first-order chi connectivity index (χ1) is 16.8. The first-order valence-corrected chi connectivity index (χ1v) is 13.2. The summed E-state index contributed by atoms with van der Waals surface area (Å²) in [7, 11) is 0. The second-order valence-electron chi connectivity index (χ2n) is 8.90. The van der Waals surface area contributed by atoms with E-state index in [-0.39, 0.29) is 22.3 Å². The number of benzene rings is 2. The second-order valence-corrected chi connectivity index (χ2v) is 9.77. The fraction of sp³-hybridized carbons (Fsp3) is 0.500. The van der Waals surface area contributed by atoms with E-state index in [1.807, 2.05) is 13.8 Å². The standard InChI is InChI=1S/C28H36Cl2O5/c1-4-5-6-7-8-9-10-11-18-33-22-13-15-23(16-14-22)34-27(31)21-12-17-25(24(29)19-21)35-28(32)26(30)20(2)3/h12-17,19-20,26H,4-11,18H2,1-3H3. The van der Waals surface area contributed by atoms with Crippen LogP contribution in [0.25, 0.3) is 0 Å². The maximum atomic E-state index is 12.5. The molecule has 2 aromatic carbocycles. The fourth-order valence-electron chi connectivity index (χ4n) is 3.34. The largest absolute Gasteiger partial charge is 0.494 e. The molecule has 1 atom stereocenters. The number of rotatable bonds is 15. The highest BCUT2D eigenvalue weighted by atomic mass is 35.5. The van der Waals surface area contributed by atoms with Gasteiger partial charge < -0.3 is 14.2 Å². The van der Waals surface area contributed by atoms with Gasteiger partial charge in [-0.05, 0) is 54.8 Å². The smallest absolute Gasteiger partial charge is 0.343 e. The van der Waals surface area contributed by atoms with Gasteiger partial charge in [-0.3, -0.25) is 4.79 Å². The Hall–Kier alpha value is -2.24. The topological polar surface area (TPSA) is 61.8 Å². The van der Waals surface area contributed by atoms with Crippen LogP contribution in [0.1, 0.15) is 82.5 Å². The zero-order chi connectivity index (χ0) is 25.6. The lowest BCUT2D eigenvalue weighted by Crippen LogP contribution is -2.25. The van der Waals surface area contributed by atoms with Crippen molar-refractivity contribution in [3.8, 4) is 17.2 Å². The summed E-state index contributed by atoms with van der Waals surface area (Å²) in [5.41, 5.74) is 0.233. The number of ether oxygens (including phenoxy) is 3. The molecule has 0 aliphatic heterocycles. The lowest BCUT2D eigenvalue weighted by Gasteiger charge is -2.13. The molecule has 7 heteroatoms. The molecule has 2 aromatic rings. The lowest BCUT2D eigenvalue weighted by molar-refractivity contribution is -0.134. The number of hydrogen-bond donors (Lipinski definition) is 0. The zero-order valence-corrected chi connectivity index (χ0v) is 22.4. The van der Waals surface area contributed by atoms with Crippen LogP contribution in [0, 0.1) is 5.92 Å². The Labute approximate surface area is 219 Å². The van der Waals surface area contributed by atoms with E-state index >= 15 is 0 Å². The highest BCUT2D eigenvalue weighted by molar-refractivity contribution is 6.33. The van der Waals surface area contributed by atoms with E-state index in [0.29, 0.717) is 12.4 Å². The van der Waals surface area contributed by atoms with E-state index in [1.165, 1.54) is 63.1 Å². The van der Waals surface area contributed by atoms with Crippen molar-refractivity contribution in [1.29, 1.82) is 0 Å². The molecule has 0 amide bonds. The van der Waals surface area contributed by atoms with Crippen molar-refractivity contribution in [3.63, 3.8) is 0 Å². The summed E-state index contributed by atoms with van der Waals surface area (Å²) >= 11 is 12.2. The van der Waals surface area contributed by atoms with Crippen molar-refractivity contribution in [2.45, 2.75) is 77.5 Å². The predicted molar refractivity (Wildman–Crippen MR) is 141 cm³/mol. The van der Waals surface area contributed by atoms with Gasteiger partial charge in [-0.15, -0.1) is 11.6 Å². The van der Waals surface area contributed by atoms with Crippen LogP contribution < -0.4 is 14.2 Å². The number of esters is 2. The average molecular weight is 523 g/mol. The van der Waals surface area contributed by atoms with Crippen LogP contribution in [0.2, 0.25) is 5.02 Å². The third kappa shape index (κ3) is 10.5. The highest BCUT2D eigenvalue weighted by Crippen LogP contribution is 2.28. The molecule has 0 aliphatic rings. The predicted octanol–water partition coefficient (Wildman–Crippen LogP) is 8.25. The highest BCUT2D eigenvalue weighted by Gasteiger charge is 2.22. The monoisotopic (exact) mass is 522 g/mol. The van der Waals surface area contributed by atoms with E-state index in [4.69, 9.17) is 37.4 Å². The number of carbonyl (C=O) groups is 2. The quantitative estimate of drug-likeness (QED) is 0.102. The van der Waals surface area contributed by atoms with Crippen molar-refractivity contribution in [1.82, 2.24) is 0 Å². The normalized spacial score (nSPS) is 11.8. The molecule has 35 heavy (non-hydrogen) atoms. The summed E-state index contributed by atoms with van der Waals surface area (Å²) < 4.78 is 16.4. The van der Waals surface area contributed by atoms with Crippen LogP contribution in [0.15, 0.2) is 42.5 Å². The summed E-state index contributed by atoms with van der Waals surface area (Å²) in [5, 5.41) is -0.673. The van der Waals surface area contributed by atoms with E-state index in [0.717, 1.165) is 12.2 Å². The number of carbonyl (C=O) groups excluding carboxylic acids is 2. The fourth-order valence-corrected chi connectivity index (χ4v) is 3.61. The number of alkyl halides is 1. The summed E-state index contributed by atoms with van der Waals surface area (Å²) in [6.45, 7) is 6.53. The van der Waals surface area contributed by atoms with Crippen LogP contribution >= 0.6 is 23.2 Å². The lowest BCUT2D eigenvalue weighted by atomic mass is 10.1. The molecule has 0 bridgehead atoms. The van der Waals surface area contributed by atoms with Crippen LogP contribution in [0.3, 0.4) is 0 Å². The van der Waals surface area contributed by atoms with Crippen molar-refractivity contribution in [2.24, 2.45) is 5.92 Å². The summed E-state index contributed by atoms with van der Waals surface area (Å²) in [4.78, 5) is 24.5. The Morgan fingerprint density at radius 3 is 2.03 bits per heavy atom. The number of halogens is 2. The van der Waals surface area contributed by atoms with Gasteiger partial charge in [-0.1, -0.05) is 77.3 Å². The molecule has 5 nitrogen and oxygen atoms in total. The van der Waals surface area contributed by atoms with Gasteiger partial charge in [0.2, 0.25) is 0 Å². The summed E-state index contributed by atoms with van der Waals surface area (Å²) in [6.07, 6.45) is 10.0. The molecule has 0 heterocycles. The number of unbranched alkanes of at least 4 members (excludes halogenated alkanes) is 7. The molecule has 0 fully saturated rings. The second kappa shape index (κ2) is 15.7. The third-order valence-corrected chi connectivity index (χ3v) is 6.47. The molecule has 0 saturated carbocycles. The van der Waals surface area contributed by atoms with E-state index in [1.54, 1.807) is 24.3 Å². The van der Waals surface area contributed by atoms with E-state index < -0.39 is 17.3 Å². The van der Waals surface area contributed by atoms with E-state index in [9.17, 15) is 9.59 Å². The van der Waals surface area contributed by atoms with Crippen molar-refractivity contribution < 1.29 is 23.8 Å². The van der Waals surface area contributed by atoms with Crippen LogP contribution in [-0.4, -0.2) is 23.9 Å². The Bertz CT molecular complexity index is 927. The van der Waals surface area contributed by atoms with Gasteiger partial charge in [0.05, 0.1) is 17.2 Å². The zero-order valence-electron chi connectivity index (χ0n) is 20.9. The molecule has 0 spiro atoms. The molecule has 0 aromatic heterocycles. The van der Waals surface area contributed by atoms with Crippen molar-refractivity contribution in [2.75, 3.05) is 6.61 Å². The Balaban J connectivity index is 1.77. The van der Waals surface area contributed by atoms with Gasteiger partial charge in [0.15, 0.2) is 0 Å². The minimum atomic E-state index is -0.789. The molecule has 0 radical (unpaired) electrons.